The fourth-order valence-corrected chi connectivity index (χ4v) is 1.82. The van der Waals surface area contributed by atoms with Crippen LogP contribution in [0.25, 0.3) is 0 Å². The Kier molecular flexibility index (Phi) is 3.36. The van der Waals surface area contributed by atoms with Crippen molar-refractivity contribution in [3.8, 4) is 6.07 Å². The van der Waals surface area contributed by atoms with E-state index in [9.17, 15) is 0 Å². The Morgan fingerprint density at radius 1 is 1.29 bits per heavy atom. The SMILES string of the molecule is Cc1nc(C#N)cc(Cc2ccccc2Cl)n1. The Labute approximate surface area is 105 Å². The van der Waals surface area contributed by atoms with Crippen molar-refractivity contribution in [3.05, 3.63) is 58.1 Å². The molecule has 0 fully saturated rings. The molecule has 4 heteroatoms. The Hall–Kier alpha value is -1.92. The summed E-state index contributed by atoms with van der Waals surface area (Å²) in [5.41, 5.74) is 2.19. The topological polar surface area (TPSA) is 49.6 Å². The zero-order valence-electron chi connectivity index (χ0n) is 9.31. The zero-order chi connectivity index (χ0) is 12.3. The van der Waals surface area contributed by atoms with Crippen molar-refractivity contribution in [2.45, 2.75) is 13.3 Å². The number of nitrogens with zero attached hydrogens (tertiary/aromatic N) is 3. The summed E-state index contributed by atoms with van der Waals surface area (Å²) in [6, 6.07) is 11.3. The third-order valence-corrected chi connectivity index (χ3v) is 2.70. The Morgan fingerprint density at radius 3 is 2.76 bits per heavy atom. The van der Waals surface area contributed by atoms with E-state index < -0.39 is 0 Å². The van der Waals surface area contributed by atoms with Gasteiger partial charge >= 0.3 is 0 Å². The third-order valence-electron chi connectivity index (χ3n) is 2.33. The first-order chi connectivity index (χ1) is 8.19. The Bertz CT molecular complexity index is 587. The Balaban J connectivity index is 2.34. The molecule has 1 heterocycles. The van der Waals surface area contributed by atoms with Gasteiger partial charge in [0, 0.05) is 17.1 Å². The minimum absolute atomic E-state index is 0.388. The van der Waals surface area contributed by atoms with E-state index in [0.29, 0.717) is 23.0 Å². The second-order valence-electron chi connectivity index (χ2n) is 3.67. The highest BCUT2D eigenvalue weighted by Crippen LogP contribution is 2.18. The lowest BCUT2D eigenvalue weighted by molar-refractivity contribution is 0.957. The van der Waals surface area contributed by atoms with E-state index in [2.05, 4.69) is 9.97 Å². The summed E-state index contributed by atoms with van der Waals surface area (Å²) in [5, 5.41) is 9.55. The quantitative estimate of drug-likeness (QED) is 0.815. The van der Waals surface area contributed by atoms with E-state index in [1.165, 1.54) is 0 Å². The summed E-state index contributed by atoms with van der Waals surface area (Å²) in [4.78, 5) is 8.31. The van der Waals surface area contributed by atoms with Gasteiger partial charge in [-0.1, -0.05) is 29.8 Å². The number of halogens is 1. The van der Waals surface area contributed by atoms with Crippen LogP contribution in [0.15, 0.2) is 30.3 Å². The van der Waals surface area contributed by atoms with Crippen LogP contribution >= 0.6 is 11.6 Å². The maximum absolute atomic E-state index is 8.84. The van der Waals surface area contributed by atoms with E-state index in [-0.39, 0.29) is 0 Å². The highest BCUT2D eigenvalue weighted by molar-refractivity contribution is 6.31. The van der Waals surface area contributed by atoms with Gasteiger partial charge in [0.1, 0.15) is 17.6 Å². The minimum atomic E-state index is 0.388. The van der Waals surface area contributed by atoms with Crippen LogP contribution < -0.4 is 0 Å². The standard InChI is InChI=1S/C13H10ClN3/c1-9-16-11(7-12(8-15)17-9)6-10-4-2-3-5-13(10)14/h2-5,7H,6H2,1H3. The molecule has 0 bridgehead atoms. The van der Waals surface area contributed by atoms with Crippen molar-refractivity contribution < 1.29 is 0 Å². The number of rotatable bonds is 2. The van der Waals surface area contributed by atoms with Gasteiger partial charge in [0.05, 0.1) is 0 Å². The van der Waals surface area contributed by atoms with Gasteiger partial charge in [-0.05, 0) is 24.6 Å². The molecule has 0 aliphatic heterocycles. The summed E-state index contributed by atoms with van der Waals surface area (Å²) in [5.74, 6) is 0.603. The summed E-state index contributed by atoms with van der Waals surface area (Å²) in [7, 11) is 0. The molecular formula is C13H10ClN3. The van der Waals surface area contributed by atoms with Gasteiger partial charge < -0.3 is 0 Å². The van der Waals surface area contributed by atoms with Crippen molar-refractivity contribution in [1.29, 1.82) is 5.26 Å². The molecule has 2 aromatic rings. The maximum atomic E-state index is 8.84. The molecule has 0 aliphatic rings. The summed E-state index contributed by atoms with van der Waals surface area (Å²) in [6.45, 7) is 1.77. The molecule has 0 saturated heterocycles. The molecule has 1 aromatic carbocycles. The van der Waals surface area contributed by atoms with Crippen LogP contribution in [0.3, 0.4) is 0 Å². The molecule has 0 aliphatic carbocycles. The van der Waals surface area contributed by atoms with E-state index >= 15 is 0 Å². The van der Waals surface area contributed by atoms with Gasteiger partial charge in [-0.2, -0.15) is 5.26 Å². The fraction of sp³-hybridized carbons (Fsp3) is 0.154. The molecule has 0 unspecified atom stereocenters. The molecule has 2 rings (SSSR count). The van der Waals surface area contributed by atoms with Crippen LogP contribution in [-0.4, -0.2) is 9.97 Å². The molecule has 17 heavy (non-hydrogen) atoms. The van der Waals surface area contributed by atoms with E-state index in [1.54, 1.807) is 13.0 Å². The molecule has 0 atom stereocenters. The van der Waals surface area contributed by atoms with Crippen LogP contribution in [0.2, 0.25) is 5.02 Å². The predicted molar refractivity (Wildman–Crippen MR) is 65.7 cm³/mol. The van der Waals surface area contributed by atoms with E-state index in [1.807, 2.05) is 30.3 Å². The number of benzene rings is 1. The van der Waals surface area contributed by atoms with Crippen LogP contribution in [0, 0.1) is 18.3 Å². The molecule has 0 radical (unpaired) electrons. The normalized spacial score (nSPS) is 9.94. The summed E-state index contributed by atoms with van der Waals surface area (Å²) < 4.78 is 0. The van der Waals surface area contributed by atoms with E-state index in [4.69, 9.17) is 16.9 Å². The van der Waals surface area contributed by atoms with Crippen LogP contribution in [0.5, 0.6) is 0 Å². The third kappa shape index (κ3) is 2.80. The first-order valence-corrected chi connectivity index (χ1v) is 5.55. The van der Waals surface area contributed by atoms with Crippen LogP contribution in [-0.2, 0) is 6.42 Å². The van der Waals surface area contributed by atoms with Crippen molar-refractivity contribution in [2.75, 3.05) is 0 Å². The molecule has 0 spiro atoms. The molecule has 1 aromatic heterocycles. The van der Waals surface area contributed by atoms with Crippen LogP contribution in [0.1, 0.15) is 22.8 Å². The monoisotopic (exact) mass is 243 g/mol. The van der Waals surface area contributed by atoms with Crippen molar-refractivity contribution >= 4 is 11.6 Å². The molecule has 0 amide bonds. The van der Waals surface area contributed by atoms with Crippen molar-refractivity contribution in [3.63, 3.8) is 0 Å². The first-order valence-electron chi connectivity index (χ1n) is 5.17. The highest BCUT2D eigenvalue weighted by atomic mass is 35.5. The average molecular weight is 244 g/mol. The number of hydrogen-bond acceptors (Lipinski definition) is 3. The fourth-order valence-electron chi connectivity index (χ4n) is 1.61. The summed E-state index contributed by atoms with van der Waals surface area (Å²) >= 11 is 6.08. The van der Waals surface area contributed by atoms with Crippen LogP contribution in [0.4, 0.5) is 0 Å². The lowest BCUT2D eigenvalue weighted by Gasteiger charge is -2.04. The molecular weight excluding hydrogens is 234 g/mol. The zero-order valence-corrected chi connectivity index (χ0v) is 10.1. The van der Waals surface area contributed by atoms with Gasteiger partial charge in [-0.25, -0.2) is 9.97 Å². The molecule has 0 saturated carbocycles. The molecule has 84 valence electrons. The predicted octanol–water partition coefficient (Wildman–Crippen LogP) is 2.90. The molecule has 3 nitrogen and oxygen atoms in total. The lowest BCUT2D eigenvalue weighted by atomic mass is 10.1. The maximum Gasteiger partial charge on any atom is 0.144 e. The van der Waals surface area contributed by atoms with Gasteiger partial charge in [0.25, 0.3) is 0 Å². The highest BCUT2D eigenvalue weighted by Gasteiger charge is 2.05. The minimum Gasteiger partial charge on any atom is -0.238 e. The molecule has 0 N–H and O–H groups in total. The van der Waals surface area contributed by atoms with Gasteiger partial charge in [0.15, 0.2) is 0 Å². The number of aromatic nitrogens is 2. The van der Waals surface area contributed by atoms with Gasteiger partial charge in [-0.3, -0.25) is 0 Å². The van der Waals surface area contributed by atoms with Crippen molar-refractivity contribution in [2.24, 2.45) is 0 Å². The average Bonchev–Trinajstić information content (AvgIpc) is 2.31. The largest absolute Gasteiger partial charge is 0.238 e. The second kappa shape index (κ2) is 4.94. The smallest absolute Gasteiger partial charge is 0.144 e. The summed E-state index contributed by atoms with van der Waals surface area (Å²) in [6.07, 6.45) is 0.609. The number of aryl methyl sites for hydroxylation is 1. The number of nitriles is 1. The van der Waals surface area contributed by atoms with Gasteiger partial charge in [-0.15, -0.1) is 0 Å². The lowest BCUT2D eigenvalue weighted by Crippen LogP contribution is -1.99. The van der Waals surface area contributed by atoms with E-state index in [0.717, 1.165) is 11.3 Å². The van der Waals surface area contributed by atoms with Gasteiger partial charge in [0.2, 0.25) is 0 Å². The second-order valence-corrected chi connectivity index (χ2v) is 4.08. The number of hydrogen-bond donors (Lipinski definition) is 0. The first kappa shape index (κ1) is 11.6. The van der Waals surface area contributed by atoms with Crippen molar-refractivity contribution in [1.82, 2.24) is 9.97 Å². The Morgan fingerprint density at radius 2 is 2.06 bits per heavy atom.